The lowest BCUT2D eigenvalue weighted by Gasteiger charge is -2.30. The molecular formula is C21H25N2O3S+. The van der Waals surface area contributed by atoms with E-state index < -0.39 is 0 Å². The van der Waals surface area contributed by atoms with E-state index in [9.17, 15) is 9.59 Å². The Morgan fingerprint density at radius 2 is 1.70 bits per heavy atom. The first kappa shape index (κ1) is 19.5. The molecule has 1 amide bonds. The minimum absolute atomic E-state index is 0.0565. The summed E-state index contributed by atoms with van der Waals surface area (Å²) >= 11 is 1.56. The SMILES string of the molecule is COC(=O)[C@@H]1CN(C(=O)C[NH2+]C(c2ccccc2)c2ccccc2)CCS1. The molecule has 0 aromatic heterocycles. The highest BCUT2D eigenvalue weighted by atomic mass is 32.2. The van der Waals surface area contributed by atoms with Crippen LogP contribution >= 0.6 is 11.8 Å². The second-order valence-electron chi connectivity index (χ2n) is 6.46. The van der Waals surface area contributed by atoms with Crippen molar-refractivity contribution in [3.05, 3.63) is 71.8 Å². The Bertz CT molecular complexity index is 715. The Morgan fingerprint density at radius 3 is 2.26 bits per heavy atom. The molecule has 5 nitrogen and oxygen atoms in total. The van der Waals surface area contributed by atoms with Crippen molar-refractivity contribution in [3.8, 4) is 0 Å². The summed E-state index contributed by atoms with van der Waals surface area (Å²) in [6.45, 7) is 1.44. The van der Waals surface area contributed by atoms with Crippen LogP contribution in [0, 0.1) is 0 Å². The van der Waals surface area contributed by atoms with Crippen molar-refractivity contribution in [2.75, 3.05) is 32.5 Å². The Morgan fingerprint density at radius 1 is 1.11 bits per heavy atom. The number of ether oxygens (including phenoxy) is 1. The van der Waals surface area contributed by atoms with Gasteiger partial charge in [-0.3, -0.25) is 9.59 Å². The molecule has 1 fully saturated rings. The third-order valence-electron chi connectivity index (χ3n) is 4.73. The standard InChI is InChI=1S/C21H24N2O3S/c1-26-21(25)18-15-23(12-13-27-18)19(24)14-22-20(16-8-4-2-5-9-16)17-10-6-3-7-11-17/h2-11,18,20,22H,12-15H2,1H3/p+1/t18-/m0/s1. The van der Waals surface area contributed by atoms with E-state index in [4.69, 9.17) is 4.74 Å². The molecular weight excluding hydrogens is 360 g/mol. The fourth-order valence-electron chi connectivity index (χ4n) is 3.28. The van der Waals surface area contributed by atoms with Crippen LogP contribution in [0.15, 0.2) is 60.7 Å². The van der Waals surface area contributed by atoms with Gasteiger partial charge in [0.2, 0.25) is 0 Å². The molecule has 0 aliphatic carbocycles. The predicted octanol–water partition coefficient (Wildman–Crippen LogP) is 1.46. The number of esters is 1. The number of amides is 1. The van der Waals surface area contributed by atoms with Gasteiger partial charge < -0.3 is 15.0 Å². The predicted molar refractivity (Wildman–Crippen MR) is 106 cm³/mol. The van der Waals surface area contributed by atoms with Gasteiger partial charge in [-0.25, -0.2) is 0 Å². The third-order valence-corrected chi connectivity index (χ3v) is 5.89. The van der Waals surface area contributed by atoms with Gasteiger partial charge in [0.25, 0.3) is 5.91 Å². The van der Waals surface area contributed by atoms with Crippen LogP contribution in [-0.4, -0.2) is 54.5 Å². The van der Waals surface area contributed by atoms with E-state index in [0.29, 0.717) is 19.6 Å². The quantitative estimate of drug-likeness (QED) is 0.765. The van der Waals surface area contributed by atoms with Gasteiger partial charge in [0, 0.05) is 30.0 Å². The second-order valence-corrected chi connectivity index (χ2v) is 7.77. The smallest absolute Gasteiger partial charge is 0.320 e. The summed E-state index contributed by atoms with van der Waals surface area (Å²) < 4.78 is 4.83. The minimum atomic E-state index is -0.285. The zero-order valence-corrected chi connectivity index (χ0v) is 16.2. The van der Waals surface area contributed by atoms with Crippen LogP contribution in [0.5, 0.6) is 0 Å². The molecule has 0 unspecified atom stereocenters. The molecule has 1 saturated heterocycles. The number of carbonyl (C=O) groups excluding carboxylic acids is 2. The van der Waals surface area contributed by atoms with Crippen molar-refractivity contribution in [3.63, 3.8) is 0 Å². The number of benzene rings is 2. The molecule has 0 radical (unpaired) electrons. The molecule has 6 heteroatoms. The Hall–Kier alpha value is -2.31. The molecule has 3 rings (SSSR count). The molecule has 1 aliphatic rings. The molecule has 0 bridgehead atoms. The molecule has 2 N–H and O–H groups in total. The summed E-state index contributed by atoms with van der Waals surface area (Å²) in [7, 11) is 1.39. The van der Waals surface area contributed by atoms with Crippen molar-refractivity contribution in [1.29, 1.82) is 0 Å². The first-order chi connectivity index (χ1) is 13.2. The molecule has 2 aromatic carbocycles. The summed E-state index contributed by atoms with van der Waals surface area (Å²) in [5, 5.41) is 1.79. The molecule has 1 heterocycles. The molecule has 1 atom stereocenters. The highest BCUT2D eigenvalue weighted by Crippen LogP contribution is 2.20. The molecule has 142 valence electrons. The van der Waals surface area contributed by atoms with Gasteiger partial charge in [0.1, 0.15) is 11.3 Å². The van der Waals surface area contributed by atoms with Crippen molar-refractivity contribution in [2.45, 2.75) is 11.3 Å². The van der Waals surface area contributed by atoms with Crippen molar-refractivity contribution in [1.82, 2.24) is 4.90 Å². The summed E-state index contributed by atoms with van der Waals surface area (Å²) in [5.41, 5.74) is 2.33. The van der Waals surface area contributed by atoms with Gasteiger partial charge in [-0.1, -0.05) is 60.7 Å². The lowest BCUT2D eigenvalue weighted by molar-refractivity contribution is -0.677. The van der Waals surface area contributed by atoms with Crippen LogP contribution in [0.2, 0.25) is 0 Å². The van der Waals surface area contributed by atoms with Gasteiger partial charge in [0.05, 0.1) is 7.11 Å². The summed E-state index contributed by atoms with van der Waals surface area (Å²) in [4.78, 5) is 26.3. The van der Waals surface area contributed by atoms with Gasteiger partial charge in [-0.05, 0) is 0 Å². The fraction of sp³-hybridized carbons (Fsp3) is 0.333. The van der Waals surface area contributed by atoms with Crippen LogP contribution in [0.1, 0.15) is 17.2 Å². The highest BCUT2D eigenvalue weighted by Gasteiger charge is 2.30. The van der Waals surface area contributed by atoms with Crippen LogP contribution in [0.3, 0.4) is 0 Å². The number of quaternary nitrogens is 1. The number of hydrogen-bond acceptors (Lipinski definition) is 4. The van der Waals surface area contributed by atoms with E-state index in [1.807, 2.05) is 36.4 Å². The van der Waals surface area contributed by atoms with Crippen molar-refractivity contribution in [2.24, 2.45) is 0 Å². The fourth-order valence-corrected chi connectivity index (χ4v) is 4.41. The zero-order valence-electron chi connectivity index (χ0n) is 15.4. The number of rotatable bonds is 6. The molecule has 0 saturated carbocycles. The monoisotopic (exact) mass is 385 g/mol. The van der Waals surface area contributed by atoms with E-state index >= 15 is 0 Å². The molecule has 2 aromatic rings. The maximum Gasteiger partial charge on any atom is 0.320 e. The number of carbonyl (C=O) groups is 2. The van der Waals surface area contributed by atoms with Crippen LogP contribution in [0.4, 0.5) is 0 Å². The highest BCUT2D eigenvalue weighted by molar-refractivity contribution is 8.00. The first-order valence-corrected chi connectivity index (χ1v) is 10.1. The largest absolute Gasteiger partial charge is 0.468 e. The van der Waals surface area contributed by atoms with E-state index in [0.717, 1.165) is 16.9 Å². The number of nitrogens with zero attached hydrogens (tertiary/aromatic N) is 1. The van der Waals surface area contributed by atoms with Crippen molar-refractivity contribution >= 4 is 23.6 Å². The summed E-state index contributed by atoms with van der Waals surface area (Å²) in [6.07, 6.45) is 0. The number of thioether (sulfide) groups is 1. The maximum absolute atomic E-state index is 12.8. The van der Waals surface area contributed by atoms with Crippen LogP contribution in [0.25, 0.3) is 0 Å². The zero-order chi connectivity index (χ0) is 19.1. The number of nitrogens with two attached hydrogens (primary N) is 1. The maximum atomic E-state index is 12.8. The van der Waals surface area contributed by atoms with E-state index in [2.05, 4.69) is 29.6 Å². The summed E-state index contributed by atoms with van der Waals surface area (Å²) in [5.74, 6) is 0.556. The summed E-state index contributed by atoms with van der Waals surface area (Å²) in [6, 6.07) is 20.5. The molecule has 0 spiro atoms. The van der Waals surface area contributed by atoms with E-state index in [1.54, 1.807) is 16.7 Å². The minimum Gasteiger partial charge on any atom is -0.468 e. The van der Waals surface area contributed by atoms with E-state index in [-0.39, 0.29) is 23.2 Å². The van der Waals surface area contributed by atoms with Gasteiger partial charge in [-0.2, -0.15) is 0 Å². The topological polar surface area (TPSA) is 63.2 Å². The lowest BCUT2D eigenvalue weighted by Crippen LogP contribution is -2.88. The second kappa shape index (κ2) is 9.58. The Kier molecular flexibility index (Phi) is 6.90. The lowest BCUT2D eigenvalue weighted by atomic mass is 9.99. The Labute approximate surface area is 164 Å². The molecule has 27 heavy (non-hydrogen) atoms. The average molecular weight is 386 g/mol. The van der Waals surface area contributed by atoms with Crippen LogP contribution in [-0.2, 0) is 14.3 Å². The number of methoxy groups -OCH3 is 1. The molecule has 1 aliphatic heterocycles. The Balaban J connectivity index is 1.66. The van der Waals surface area contributed by atoms with Gasteiger partial charge in [-0.15, -0.1) is 11.8 Å². The third kappa shape index (κ3) is 5.11. The average Bonchev–Trinajstić information content (AvgIpc) is 2.74. The first-order valence-electron chi connectivity index (χ1n) is 9.09. The van der Waals surface area contributed by atoms with Gasteiger partial charge in [0.15, 0.2) is 6.54 Å². The van der Waals surface area contributed by atoms with Crippen LogP contribution < -0.4 is 5.32 Å². The normalized spacial score (nSPS) is 17.0. The van der Waals surface area contributed by atoms with Gasteiger partial charge >= 0.3 is 5.97 Å². The number of hydrogen-bond donors (Lipinski definition) is 1. The van der Waals surface area contributed by atoms with Crippen molar-refractivity contribution < 1.29 is 19.6 Å². The van der Waals surface area contributed by atoms with E-state index in [1.165, 1.54) is 7.11 Å².